The minimum absolute atomic E-state index is 0.177. The van der Waals surface area contributed by atoms with Gasteiger partial charge in [-0.15, -0.1) is 0 Å². The molecule has 2 aromatic carbocycles. The summed E-state index contributed by atoms with van der Waals surface area (Å²) in [5, 5.41) is 7.74. The monoisotopic (exact) mass is 324 g/mol. The molecule has 0 unspecified atom stereocenters. The van der Waals surface area contributed by atoms with Crippen LogP contribution in [0.4, 0.5) is 0 Å². The highest BCUT2D eigenvalue weighted by molar-refractivity contribution is 6.47. The lowest BCUT2D eigenvalue weighted by Crippen LogP contribution is -2.03. The maximum Gasteiger partial charge on any atom is 0.195 e. The van der Waals surface area contributed by atoms with Gasteiger partial charge in [0, 0.05) is 5.56 Å². The quantitative estimate of drug-likeness (QED) is 0.691. The van der Waals surface area contributed by atoms with Gasteiger partial charge >= 0.3 is 0 Å². The number of hydrogen-bond acceptors (Lipinski definition) is 2. The Morgan fingerprint density at radius 3 is 2.50 bits per heavy atom. The Kier molecular flexibility index (Phi) is 3.42. The number of carbonyl (C=O) groups excluding carboxylic acids is 1. The number of benzene rings is 2. The van der Waals surface area contributed by atoms with Crippen LogP contribution >= 0.6 is 34.8 Å². The number of ketones is 1. The lowest BCUT2D eigenvalue weighted by Gasteiger charge is -2.07. The van der Waals surface area contributed by atoms with Gasteiger partial charge in [0.15, 0.2) is 10.9 Å². The van der Waals surface area contributed by atoms with E-state index in [9.17, 15) is 4.79 Å². The Morgan fingerprint density at radius 2 is 1.80 bits per heavy atom. The Balaban J connectivity index is 2.32. The third-order valence-electron chi connectivity index (χ3n) is 2.96. The zero-order chi connectivity index (χ0) is 14.3. The molecule has 3 rings (SSSR count). The van der Waals surface area contributed by atoms with Crippen molar-refractivity contribution in [3.63, 3.8) is 0 Å². The van der Waals surface area contributed by atoms with Crippen LogP contribution in [0.5, 0.6) is 0 Å². The van der Waals surface area contributed by atoms with Gasteiger partial charge < -0.3 is 0 Å². The number of H-pyrrole nitrogens is 1. The summed E-state index contributed by atoms with van der Waals surface area (Å²) in [7, 11) is 0. The fourth-order valence-electron chi connectivity index (χ4n) is 2.04. The molecule has 0 fully saturated rings. The summed E-state index contributed by atoms with van der Waals surface area (Å²) in [5.74, 6) is -0.244. The molecule has 0 saturated carbocycles. The third kappa shape index (κ3) is 2.08. The number of nitrogens with zero attached hydrogens (tertiary/aromatic N) is 1. The van der Waals surface area contributed by atoms with Crippen molar-refractivity contribution in [1.29, 1.82) is 0 Å². The van der Waals surface area contributed by atoms with Crippen LogP contribution in [-0.2, 0) is 0 Å². The zero-order valence-electron chi connectivity index (χ0n) is 9.95. The highest BCUT2D eigenvalue weighted by atomic mass is 35.5. The Morgan fingerprint density at radius 1 is 1.10 bits per heavy atom. The molecule has 20 heavy (non-hydrogen) atoms. The summed E-state index contributed by atoms with van der Waals surface area (Å²) < 4.78 is 0. The molecule has 0 atom stereocenters. The Labute approximate surface area is 129 Å². The van der Waals surface area contributed by atoms with Crippen LogP contribution < -0.4 is 0 Å². The molecule has 0 aliphatic heterocycles. The van der Waals surface area contributed by atoms with Gasteiger partial charge in [-0.3, -0.25) is 9.89 Å². The third-order valence-corrected chi connectivity index (χ3v) is 4.02. The average Bonchev–Trinajstić information content (AvgIpc) is 2.82. The van der Waals surface area contributed by atoms with Crippen molar-refractivity contribution in [2.24, 2.45) is 0 Å². The van der Waals surface area contributed by atoms with Gasteiger partial charge in [0.1, 0.15) is 0 Å². The van der Waals surface area contributed by atoms with E-state index >= 15 is 0 Å². The first-order chi connectivity index (χ1) is 9.59. The van der Waals surface area contributed by atoms with E-state index in [0.717, 1.165) is 0 Å². The second-order valence-corrected chi connectivity index (χ2v) is 5.32. The van der Waals surface area contributed by atoms with E-state index in [0.29, 0.717) is 16.5 Å². The second kappa shape index (κ2) is 5.09. The molecule has 0 bridgehead atoms. The van der Waals surface area contributed by atoms with E-state index in [-0.39, 0.29) is 26.5 Å². The van der Waals surface area contributed by atoms with Crippen LogP contribution in [0.25, 0.3) is 10.9 Å². The number of carbonyl (C=O) groups is 1. The fourth-order valence-corrected chi connectivity index (χ4v) is 2.72. The summed E-state index contributed by atoms with van der Waals surface area (Å²) in [6, 6.07) is 10.4. The largest absolute Gasteiger partial charge is 0.289 e. The molecule has 3 aromatic rings. The second-order valence-electron chi connectivity index (χ2n) is 4.18. The van der Waals surface area contributed by atoms with Crippen molar-refractivity contribution >= 4 is 51.5 Å². The van der Waals surface area contributed by atoms with Gasteiger partial charge in [0.25, 0.3) is 0 Å². The molecular weight excluding hydrogens is 319 g/mol. The van der Waals surface area contributed by atoms with Crippen LogP contribution in [0, 0.1) is 0 Å². The van der Waals surface area contributed by atoms with Crippen molar-refractivity contribution in [3.05, 3.63) is 62.7 Å². The van der Waals surface area contributed by atoms with E-state index in [1.54, 1.807) is 30.3 Å². The summed E-state index contributed by atoms with van der Waals surface area (Å²) in [5.41, 5.74) is 1.35. The van der Waals surface area contributed by atoms with Crippen LogP contribution in [0.2, 0.25) is 15.2 Å². The van der Waals surface area contributed by atoms with E-state index < -0.39 is 0 Å². The molecule has 1 aromatic heterocycles. The van der Waals surface area contributed by atoms with Crippen molar-refractivity contribution in [2.45, 2.75) is 0 Å². The molecule has 0 aliphatic rings. The molecule has 6 heteroatoms. The zero-order valence-corrected chi connectivity index (χ0v) is 12.2. The van der Waals surface area contributed by atoms with Crippen molar-refractivity contribution < 1.29 is 4.79 Å². The van der Waals surface area contributed by atoms with E-state index in [1.165, 1.54) is 0 Å². The first-order valence-corrected chi connectivity index (χ1v) is 6.84. The summed E-state index contributed by atoms with van der Waals surface area (Å²) in [4.78, 5) is 12.6. The van der Waals surface area contributed by atoms with Gasteiger partial charge in [-0.2, -0.15) is 5.10 Å². The van der Waals surface area contributed by atoms with Crippen molar-refractivity contribution in [2.75, 3.05) is 0 Å². The predicted molar refractivity (Wildman–Crippen MR) is 81.0 cm³/mol. The number of rotatable bonds is 2. The van der Waals surface area contributed by atoms with Crippen LogP contribution in [-0.4, -0.2) is 16.0 Å². The first-order valence-electron chi connectivity index (χ1n) is 5.71. The van der Waals surface area contributed by atoms with Crippen LogP contribution in [0.15, 0.2) is 36.4 Å². The highest BCUT2D eigenvalue weighted by Crippen LogP contribution is 2.36. The first kappa shape index (κ1) is 13.4. The number of aromatic nitrogens is 2. The number of halogens is 3. The normalized spacial score (nSPS) is 10.9. The SMILES string of the molecule is O=C(c1ccccc1)c1c(Cl)c(Cl)cc2[nH]nc(Cl)c12. The number of fused-ring (bicyclic) bond motifs is 1. The molecule has 3 nitrogen and oxygen atoms in total. The smallest absolute Gasteiger partial charge is 0.195 e. The summed E-state index contributed by atoms with van der Waals surface area (Å²) in [6.45, 7) is 0. The molecule has 100 valence electrons. The highest BCUT2D eigenvalue weighted by Gasteiger charge is 2.22. The molecule has 0 amide bonds. The molecule has 0 radical (unpaired) electrons. The number of nitrogens with one attached hydrogen (secondary N) is 1. The molecule has 1 N–H and O–H groups in total. The predicted octanol–water partition coefficient (Wildman–Crippen LogP) is 4.75. The van der Waals surface area contributed by atoms with E-state index in [2.05, 4.69) is 10.2 Å². The van der Waals surface area contributed by atoms with Gasteiger partial charge in [0.2, 0.25) is 0 Å². The average molecular weight is 326 g/mol. The van der Waals surface area contributed by atoms with E-state index in [4.69, 9.17) is 34.8 Å². The minimum atomic E-state index is -0.244. The standard InChI is InChI=1S/C14H7Cl3N2O/c15-8-6-9-10(14(17)19-18-9)11(12(8)16)13(20)7-4-2-1-3-5-7/h1-6H,(H,18,19). The maximum absolute atomic E-state index is 12.6. The van der Waals surface area contributed by atoms with Gasteiger partial charge in [-0.25, -0.2) is 0 Å². The van der Waals surface area contributed by atoms with Crippen molar-refractivity contribution in [1.82, 2.24) is 10.2 Å². The molecule has 1 heterocycles. The summed E-state index contributed by atoms with van der Waals surface area (Å²) in [6.07, 6.45) is 0. The Hall–Kier alpha value is -1.55. The fraction of sp³-hybridized carbons (Fsp3) is 0. The molecule has 0 aliphatic carbocycles. The molecule has 0 spiro atoms. The number of hydrogen-bond donors (Lipinski definition) is 1. The molecule has 0 saturated heterocycles. The van der Waals surface area contributed by atoms with Crippen molar-refractivity contribution in [3.8, 4) is 0 Å². The summed E-state index contributed by atoms with van der Waals surface area (Å²) >= 11 is 18.3. The van der Waals surface area contributed by atoms with Crippen LogP contribution in [0.3, 0.4) is 0 Å². The number of aromatic amines is 1. The maximum atomic E-state index is 12.6. The van der Waals surface area contributed by atoms with Gasteiger partial charge in [-0.1, -0.05) is 65.1 Å². The lowest BCUT2D eigenvalue weighted by molar-refractivity contribution is 0.104. The van der Waals surface area contributed by atoms with Gasteiger partial charge in [-0.05, 0) is 6.07 Å². The Bertz CT molecular complexity index is 812. The molecular formula is C14H7Cl3N2O. The van der Waals surface area contributed by atoms with E-state index in [1.807, 2.05) is 6.07 Å². The minimum Gasteiger partial charge on any atom is -0.289 e. The lowest BCUT2D eigenvalue weighted by atomic mass is 10.00. The van der Waals surface area contributed by atoms with Gasteiger partial charge in [0.05, 0.1) is 26.5 Å². The topological polar surface area (TPSA) is 45.8 Å². The van der Waals surface area contributed by atoms with Crippen LogP contribution in [0.1, 0.15) is 15.9 Å².